The highest BCUT2D eigenvalue weighted by atomic mass is 32.1. The van der Waals surface area contributed by atoms with Gasteiger partial charge in [0.05, 0.1) is 16.7 Å². The Bertz CT molecular complexity index is 815. The third kappa shape index (κ3) is 4.59. The topological polar surface area (TPSA) is 54.5 Å². The van der Waals surface area contributed by atoms with Gasteiger partial charge in [-0.3, -0.25) is 9.69 Å². The number of likely N-dealkylation sites (tertiary alicyclic amines) is 1. The number of hydrogen-bond acceptors (Lipinski definition) is 5. The monoisotopic (exact) mass is 403 g/mol. The van der Waals surface area contributed by atoms with Crippen molar-refractivity contribution in [2.75, 3.05) is 19.6 Å². The first-order valence-corrected chi connectivity index (χ1v) is 10.7. The Labute approximate surface area is 168 Å². The van der Waals surface area contributed by atoms with Crippen LogP contribution in [-0.2, 0) is 11.3 Å². The second-order valence-corrected chi connectivity index (χ2v) is 8.89. The van der Waals surface area contributed by atoms with E-state index in [4.69, 9.17) is 4.74 Å². The summed E-state index contributed by atoms with van der Waals surface area (Å²) in [7, 11) is 0. The summed E-state index contributed by atoms with van der Waals surface area (Å²) in [4.78, 5) is 18.8. The van der Waals surface area contributed by atoms with Gasteiger partial charge in [-0.05, 0) is 50.3 Å². The van der Waals surface area contributed by atoms with Crippen LogP contribution in [0.1, 0.15) is 46.7 Å². The van der Waals surface area contributed by atoms with Crippen molar-refractivity contribution in [1.82, 2.24) is 15.2 Å². The van der Waals surface area contributed by atoms with E-state index in [1.165, 1.54) is 23.5 Å². The van der Waals surface area contributed by atoms with E-state index in [1.807, 2.05) is 19.1 Å². The van der Waals surface area contributed by atoms with Crippen molar-refractivity contribution >= 4 is 17.2 Å². The summed E-state index contributed by atoms with van der Waals surface area (Å²) < 4.78 is 19.4. The van der Waals surface area contributed by atoms with Gasteiger partial charge in [-0.15, -0.1) is 11.3 Å². The highest BCUT2D eigenvalue weighted by Gasteiger charge is 2.42. The zero-order valence-electron chi connectivity index (χ0n) is 16.1. The molecule has 2 fully saturated rings. The van der Waals surface area contributed by atoms with Crippen LogP contribution >= 0.6 is 11.3 Å². The Hall–Kier alpha value is -1.83. The number of amides is 1. The fourth-order valence-corrected chi connectivity index (χ4v) is 4.73. The molecule has 0 saturated carbocycles. The van der Waals surface area contributed by atoms with Crippen LogP contribution in [0.4, 0.5) is 4.39 Å². The second-order valence-electron chi connectivity index (χ2n) is 7.83. The Morgan fingerprint density at radius 1 is 1.32 bits per heavy atom. The number of thiazole rings is 1. The van der Waals surface area contributed by atoms with E-state index >= 15 is 0 Å². The molecule has 1 aromatic carbocycles. The number of aryl methyl sites for hydroxylation is 1. The van der Waals surface area contributed by atoms with Gasteiger partial charge in [-0.25, -0.2) is 9.37 Å². The van der Waals surface area contributed by atoms with Crippen molar-refractivity contribution in [3.63, 3.8) is 0 Å². The number of nitrogens with zero attached hydrogens (tertiary/aromatic N) is 2. The molecule has 1 unspecified atom stereocenters. The minimum Gasteiger partial charge on any atom is -0.370 e. The number of ether oxygens (including phenoxy) is 1. The van der Waals surface area contributed by atoms with E-state index in [-0.39, 0.29) is 23.4 Å². The number of halogens is 1. The lowest BCUT2D eigenvalue weighted by Crippen LogP contribution is -2.44. The van der Waals surface area contributed by atoms with Crippen LogP contribution in [0, 0.1) is 12.7 Å². The van der Waals surface area contributed by atoms with Crippen molar-refractivity contribution in [3.8, 4) is 0 Å². The second kappa shape index (κ2) is 8.27. The van der Waals surface area contributed by atoms with Crippen LogP contribution in [0.25, 0.3) is 0 Å². The maximum atomic E-state index is 13.1. The van der Waals surface area contributed by atoms with Gasteiger partial charge >= 0.3 is 0 Å². The van der Waals surface area contributed by atoms with Crippen molar-refractivity contribution < 1.29 is 13.9 Å². The first kappa shape index (κ1) is 19.5. The molecular formula is C21H26FN3O2S. The average molecular weight is 404 g/mol. The van der Waals surface area contributed by atoms with Crippen LogP contribution in [0.3, 0.4) is 0 Å². The predicted octanol–water partition coefficient (Wildman–Crippen LogP) is 3.53. The first-order chi connectivity index (χ1) is 13.5. The van der Waals surface area contributed by atoms with E-state index in [0.717, 1.165) is 55.9 Å². The number of carbonyl (C=O) groups is 1. The van der Waals surface area contributed by atoms with Gasteiger partial charge in [0.25, 0.3) is 5.91 Å². The molecular weight excluding hydrogens is 377 g/mol. The maximum Gasteiger partial charge on any atom is 0.270 e. The summed E-state index contributed by atoms with van der Waals surface area (Å²) in [6.45, 7) is 5.25. The quantitative estimate of drug-likeness (QED) is 0.830. The molecule has 1 N–H and O–H groups in total. The summed E-state index contributed by atoms with van der Waals surface area (Å²) in [5.74, 6) is -0.313. The van der Waals surface area contributed by atoms with Gasteiger partial charge in [0, 0.05) is 31.6 Å². The Kier molecular flexibility index (Phi) is 5.75. The minimum atomic E-state index is -0.191. The molecule has 5 nitrogen and oxygen atoms in total. The van der Waals surface area contributed by atoms with Crippen molar-refractivity contribution in [2.24, 2.45) is 0 Å². The largest absolute Gasteiger partial charge is 0.370 e. The Balaban J connectivity index is 1.23. The van der Waals surface area contributed by atoms with Crippen LogP contribution < -0.4 is 5.32 Å². The number of nitrogens with one attached hydrogen (secondary N) is 1. The van der Waals surface area contributed by atoms with Gasteiger partial charge < -0.3 is 10.1 Å². The zero-order valence-corrected chi connectivity index (χ0v) is 16.9. The third-order valence-corrected chi connectivity index (χ3v) is 6.54. The number of hydrogen-bond donors (Lipinski definition) is 1. The molecule has 2 aromatic rings. The van der Waals surface area contributed by atoms with Crippen LogP contribution in [0.2, 0.25) is 0 Å². The molecule has 0 radical (unpaired) electrons. The molecule has 2 aliphatic rings. The van der Waals surface area contributed by atoms with Gasteiger partial charge in [0.15, 0.2) is 0 Å². The molecule has 28 heavy (non-hydrogen) atoms. The molecule has 1 aromatic heterocycles. The molecule has 3 heterocycles. The number of rotatable bonds is 5. The lowest BCUT2D eigenvalue weighted by Gasteiger charge is -2.39. The van der Waals surface area contributed by atoms with Gasteiger partial charge in [0.1, 0.15) is 11.5 Å². The van der Waals surface area contributed by atoms with Gasteiger partial charge in [-0.2, -0.15) is 0 Å². The van der Waals surface area contributed by atoms with Crippen LogP contribution in [-0.4, -0.2) is 47.1 Å². The Morgan fingerprint density at radius 3 is 2.75 bits per heavy atom. The lowest BCUT2D eigenvalue weighted by molar-refractivity contribution is -0.0764. The normalized spacial score (nSPS) is 21.9. The molecule has 0 bridgehead atoms. The molecule has 2 saturated heterocycles. The van der Waals surface area contributed by atoms with E-state index in [9.17, 15) is 9.18 Å². The average Bonchev–Trinajstić information content (AvgIpc) is 3.30. The summed E-state index contributed by atoms with van der Waals surface area (Å²) >= 11 is 1.48. The maximum absolute atomic E-state index is 13.1. The van der Waals surface area contributed by atoms with Gasteiger partial charge in [0.2, 0.25) is 0 Å². The lowest BCUT2D eigenvalue weighted by atomic mass is 9.88. The standard InChI is InChI=1S/C21H26FN3O2S/c1-15-24-19(14-28-15)20(26)23-12-18-6-7-21(27-18)8-10-25(11-9-21)13-16-2-4-17(22)5-3-16/h2-5,14,18H,6-13H2,1H3,(H,23,26). The third-order valence-electron chi connectivity index (χ3n) is 5.77. The fraction of sp³-hybridized carbons (Fsp3) is 0.524. The van der Waals surface area contributed by atoms with E-state index in [2.05, 4.69) is 15.2 Å². The fourth-order valence-electron chi connectivity index (χ4n) is 4.14. The number of aromatic nitrogens is 1. The van der Waals surface area contributed by atoms with Crippen LogP contribution in [0.15, 0.2) is 29.6 Å². The zero-order chi connectivity index (χ0) is 19.6. The number of piperidine rings is 1. The molecule has 0 aliphatic carbocycles. The number of benzene rings is 1. The Morgan fingerprint density at radius 2 is 2.07 bits per heavy atom. The first-order valence-electron chi connectivity index (χ1n) is 9.86. The van der Waals surface area contributed by atoms with Crippen LogP contribution in [0.5, 0.6) is 0 Å². The highest BCUT2D eigenvalue weighted by Crippen LogP contribution is 2.39. The van der Waals surface area contributed by atoms with E-state index in [0.29, 0.717) is 12.2 Å². The highest BCUT2D eigenvalue weighted by molar-refractivity contribution is 7.09. The molecule has 2 aliphatic heterocycles. The summed E-state index contributed by atoms with van der Waals surface area (Å²) in [5, 5.41) is 5.65. The van der Waals surface area contributed by atoms with E-state index in [1.54, 1.807) is 5.38 Å². The summed E-state index contributed by atoms with van der Waals surface area (Å²) in [5.41, 5.74) is 1.58. The van der Waals surface area contributed by atoms with E-state index < -0.39 is 0 Å². The molecule has 4 rings (SSSR count). The SMILES string of the molecule is Cc1nc(C(=O)NCC2CCC3(CCN(Cc4ccc(F)cc4)CC3)O2)cs1. The molecule has 7 heteroatoms. The van der Waals surface area contributed by atoms with Crippen molar-refractivity contribution in [2.45, 2.75) is 50.9 Å². The smallest absolute Gasteiger partial charge is 0.270 e. The van der Waals surface area contributed by atoms with Gasteiger partial charge in [-0.1, -0.05) is 12.1 Å². The predicted molar refractivity (Wildman–Crippen MR) is 107 cm³/mol. The van der Waals surface area contributed by atoms with Crippen molar-refractivity contribution in [1.29, 1.82) is 0 Å². The minimum absolute atomic E-state index is 0.0497. The molecule has 1 spiro atoms. The molecule has 150 valence electrons. The number of carbonyl (C=O) groups excluding carboxylic acids is 1. The summed E-state index contributed by atoms with van der Waals surface area (Å²) in [6, 6.07) is 6.75. The molecule has 1 amide bonds. The summed E-state index contributed by atoms with van der Waals surface area (Å²) in [6.07, 6.45) is 4.11. The van der Waals surface area contributed by atoms with Crippen molar-refractivity contribution in [3.05, 3.63) is 51.7 Å². The molecule has 1 atom stereocenters.